The molecule has 0 saturated heterocycles. The summed E-state index contributed by atoms with van der Waals surface area (Å²) in [4.78, 5) is 11.9. The van der Waals surface area contributed by atoms with E-state index in [1.54, 1.807) is 18.2 Å². The molecular weight excluding hydrogens is 259 g/mol. The van der Waals surface area contributed by atoms with E-state index in [-0.39, 0.29) is 5.91 Å². The highest BCUT2D eigenvalue weighted by Crippen LogP contribution is 2.37. The van der Waals surface area contributed by atoms with Gasteiger partial charge in [-0.1, -0.05) is 23.2 Å². The van der Waals surface area contributed by atoms with Crippen LogP contribution in [0.25, 0.3) is 0 Å². The van der Waals surface area contributed by atoms with Crippen molar-refractivity contribution in [3.63, 3.8) is 0 Å². The van der Waals surface area contributed by atoms with Gasteiger partial charge in [-0.05, 0) is 37.0 Å². The van der Waals surface area contributed by atoms with Crippen LogP contribution in [0.4, 0.5) is 5.69 Å². The fourth-order valence-corrected chi connectivity index (χ4v) is 2.29. The average molecular weight is 269 g/mol. The minimum atomic E-state index is -0.0314. The summed E-state index contributed by atoms with van der Waals surface area (Å²) in [5.41, 5.74) is 1.55. The van der Waals surface area contributed by atoms with Crippen LogP contribution < -0.4 is 5.01 Å². The van der Waals surface area contributed by atoms with Crippen molar-refractivity contribution in [3.8, 4) is 0 Å². The predicted molar refractivity (Wildman–Crippen MR) is 68.7 cm³/mol. The summed E-state index contributed by atoms with van der Waals surface area (Å²) in [6.45, 7) is 0. The third-order valence-electron chi connectivity index (χ3n) is 2.98. The Hall–Kier alpha value is -1.06. The normalized spacial score (nSPS) is 19.8. The average Bonchev–Trinajstić information content (AvgIpc) is 3.07. The molecule has 3 nitrogen and oxygen atoms in total. The van der Waals surface area contributed by atoms with Crippen molar-refractivity contribution in [2.45, 2.75) is 19.3 Å². The summed E-state index contributed by atoms with van der Waals surface area (Å²) in [5.74, 6) is 0.470. The first-order chi connectivity index (χ1) is 8.15. The number of carbonyl (C=O) groups is 1. The molecule has 88 valence electrons. The van der Waals surface area contributed by atoms with Crippen LogP contribution in [0.2, 0.25) is 10.0 Å². The topological polar surface area (TPSA) is 32.7 Å². The molecule has 1 aliphatic heterocycles. The number of hydrogen-bond acceptors (Lipinski definition) is 2. The Balaban J connectivity index is 1.97. The van der Waals surface area contributed by atoms with Crippen molar-refractivity contribution in [2.24, 2.45) is 11.0 Å². The van der Waals surface area contributed by atoms with Gasteiger partial charge in [0.05, 0.1) is 22.8 Å². The van der Waals surface area contributed by atoms with E-state index < -0.39 is 0 Å². The first-order valence-corrected chi connectivity index (χ1v) is 6.26. The number of halogens is 2. The van der Waals surface area contributed by atoms with Crippen LogP contribution in [0.3, 0.4) is 0 Å². The maximum atomic E-state index is 11.9. The Kier molecular flexibility index (Phi) is 2.60. The molecule has 1 heterocycles. The zero-order chi connectivity index (χ0) is 12.0. The van der Waals surface area contributed by atoms with Gasteiger partial charge in [-0.3, -0.25) is 4.79 Å². The molecule has 0 spiro atoms. The molecule has 1 aliphatic carbocycles. The van der Waals surface area contributed by atoms with Crippen molar-refractivity contribution in [2.75, 3.05) is 5.01 Å². The van der Waals surface area contributed by atoms with Gasteiger partial charge in [-0.15, -0.1) is 0 Å². The molecule has 5 heteroatoms. The second-order valence-electron chi connectivity index (χ2n) is 4.34. The number of anilines is 1. The number of hydrogen-bond donors (Lipinski definition) is 0. The second-order valence-corrected chi connectivity index (χ2v) is 5.19. The van der Waals surface area contributed by atoms with E-state index in [0.717, 1.165) is 18.6 Å². The summed E-state index contributed by atoms with van der Waals surface area (Å²) < 4.78 is 0. The summed E-state index contributed by atoms with van der Waals surface area (Å²) in [5, 5.41) is 6.78. The molecule has 1 saturated carbocycles. The monoisotopic (exact) mass is 268 g/mol. The molecule has 1 aromatic rings. The smallest absolute Gasteiger partial charge is 0.253 e. The van der Waals surface area contributed by atoms with Crippen molar-refractivity contribution in [1.29, 1.82) is 0 Å². The molecule has 0 atom stereocenters. The fraction of sp³-hybridized carbons (Fsp3) is 0.333. The predicted octanol–water partition coefficient (Wildman–Crippen LogP) is 3.50. The summed E-state index contributed by atoms with van der Waals surface area (Å²) in [6.07, 6.45) is 2.69. The molecule has 1 aromatic carbocycles. The van der Waals surface area contributed by atoms with Gasteiger partial charge >= 0.3 is 0 Å². The lowest BCUT2D eigenvalue weighted by atomic mass is 10.2. The Morgan fingerprint density at radius 2 is 2.06 bits per heavy atom. The Morgan fingerprint density at radius 3 is 2.76 bits per heavy atom. The zero-order valence-electron chi connectivity index (χ0n) is 8.99. The van der Waals surface area contributed by atoms with Gasteiger partial charge < -0.3 is 0 Å². The summed E-state index contributed by atoms with van der Waals surface area (Å²) >= 11 is 12.0. The van der Waals surface area contributed by atoms with Gasteiger partial charge in [0.2, 0.25) is 0 Å². The van der Waals surface area contributed by atoms with Gasteiger partial charge in [-0.2, -0.15) is 10.1 Å². The molecule has 0 bridgehead atoms. The van der Waals surface area contributed by atoms with Crippen LogP contribution in [0.15, 0.2) is 23.3 Å². The van der Waals surface area contributed by atoms with Gasteiger partial charge in [0.1, 0.15) is 0 Å². The lowest BCUT2D eigenvalue weighted by Crippen LogP contribution is -2.19. The third-order valence-corrected chi connectivity index (χ3v) is 3.54. The van der Waals surface area contributed by atoms with E-state index in [0.29, 0.717) is 28.1 Å². The molecule has 1 fully saturated rings. The number of hydrazone groups is 1. The van der Waals surface area contributed by atoms with Crippen molar-refractivity contribution in [1.82, 2.24) is 0 Å². The maximum Gasteiger partial charge on any atom is 0.253 e. The number of carbonyl (C=O) groups excluding carboxylic acids is 1. The van der Waals surface area contributed by atoms with E-state index in [4.69, 9.17) is 23.2 Å². The molecule has 2 aliphatic rings. The van der Waals surface area contributed by atoms with Crippen molar-refractivity contribution >= 4 is 40.5 Å². The standard InChI is InChI=1S/C12H10Cl2N2O/c13-8-3-4-9(14)11(5-8)16-12(17)6-10(15-16)7-1-2-7/h3-5,7H,1-2,6H2. The van der Waals surface area contributed by atoms with Crippen molar-refractivity contribution in [3.05, 3.63) is 28.2 Å². The maximum absolute atomic E-state index is 11.9. The van der Waals surface area contributed by atoms with Gasteiger partial charge in [0.15, 0.2) is 0 Å². The minimum absolute atomic E-state index is 0.0314. The number of rotatable bonds is 2. The van der Waals surface area contributed by atoms with Crippen LogP contribution in [-0.4, -0.2) is 11.6 Å². The molecule has 17 heavy (non-hydrogen) atoms. The van der Waals surface area contributed by atoms with E-state index >= 15 is 0 Å². The van der Waals surface area contributed by atoms with E-state index in [1.807, 2.05) is 0 Å². The van der Waals surface area contributed by atoms with Gasteiger partial charge in [-0.25, -0.2) is 0 Å². The van der Waals surface area contributed by atoms with E-state index in [1.165, 1.54) is 5.01 Å². The highest BCUT2D eigenvalue weighted by atomic mass is 35.5. The Labute approximate surface area is 109 Å². The lowest BCUT2D eigenvalue weighted by Gasteiger charge is -2.13. The highest BCUT2D eigenvalue weighted by molar-refractivity contribution is 6.36. The van der Waals surface area contributed by atoms with Crippen LogP contribution in [0, 0.1) is 5.92 Å². The highest BCUT2D eigenvalue weighted by Gasteiger charge is 2.36. The molecule has 1 amide bonds. The first kappa shape index (κ1) is 11.1. The van der Waals surface area contributed by atoms with Crippen LogP contribution >= 0.6 is 23.2 Å². The Morgan fingerprint density at radius 1 is 1.29 bits per heavy atom. The van der Waals surface area contributed by atoms with E-state index in [2.05, 4.69) is 5.10 Å². The second kappa shape index (κ2) is 4.00. The SMILES string of the molecule is O=C1CC(C2CC2)=NN1c1cc(Cl)ccc1Cl. The Bertz CT molecular complexity index is 523. The quantitative estimate of drug-likeness (QED) is 0.808. The molecule has 0 aromatic heterocycles. The van der Waals surface area contributed by atoms with Crippen LogP contribution in [0.5, 0.6) is 0 Å². The first-order valence-electron chi connectivity index (χ1n) is 5.50. The van der Waals surface area contributed by atoms with Crippen LogP contribution in [0.1, 0.15) is 19.3 Å². The fourth-order valence-electron chi connectivity index (χ4n) is 1.93. The zero-order valence-corrected chi connectivity index (χ0v) is 10.5. The molecule has 3 rings (SSSR count). The largest absolute Gasteiger partial charge is 0.272 e. The summed E-state index contributed by atoms with van der Waals surface area (Å²) in [7, 11) is 0. The summed E-state index contributed by atoms with van der Waals surface area (Å²) in [6, 6.07) is 5.04. The van der Waals surface area contributed by atoms with Gasteiger partial charge in [0.25, 0.3) is 5.91 Å². The van der Waals surface area contributed by atoms with E-state index in [9.17, 15) is 4.79 Å². The van der Waals surface area contributed by atoms with Gasteiger partial charge in [0, 0.05) is 5.02 Å². The number of nitrogens with zero attached hydrogens (tertiary/aromatic N) is 2. The molecular formula is C12H10Cl2N2O. The number of benzene rings is 1. The molecule has 0 radical (unpaired) electrons. The molecule has 0 N–H and O–H groups in total. The lowest BCUT2D eigenvalue weighted by molar-refractivity contribution is -0.116. The van der Waals surface area contributed by atoms with Crippen LogP contribution in [-0.2, 0) is 4.79 Å². The third kappa shape index (κ3) is 2.05. The minimum Gasteiger partial charge on any atom is -0.272 e. The number of amides is 1. The van der Waals surface area contributed by atoms with Crippen molar-refractivity contribution < 1.29 is 4.79 Å². The molecule has 0 unspecified atom stereocenters.